The van der Waals surface area contributed by atoms with Crippen LogP contribution in [-0.2, 0) is 20.8 Å². The van der Waals surface area contributed by atoms with Crippen molar-refractivity contribution >= 4 is 35.7 Å². The van der Waals surface area contributed by atoms with Crippen molar-refractivity contribution in [1.82, 2.24) is 30.5 Å². The number of carbonyl (C=O) groups is 4. The largest absolute Gasteiger partial charge is 0.354 e. The van der Waals surface area contributed by atoms with E-state index in [1.54, 1.807) is 20.8 Å². The van der Waals surface area contributed by atoms with E-state index in [1.165, 1.54) is 22.9 Å². The van der Waals surface area contributed by atoms with Crippen molar-refractivity contribution in [2.75, 3.05) is 32.9 Å². The zero-order chi connectivity index (χ0) is 35.7. The quantitative estimate of drug-likeness (QED) is 0.172. The summed E-state index contributed by atoms with van der Waals surface area (Å²) in [5.74, 6) is -3.86. The summed E-state index contributed by atoms with van der Waals surface area (Å²) in [7, 11) is 1.91. The number of benzene rings is 1. The lowest BCUT2D eigenvalue weighted by molar-refractivity contribution is -0.142. The van der Waals surface area contributed by atoms with E-state index in [1.807, 2.05) is 38.4 Å². The molecule has 47 heavy (non-hydrogen) atoms. The third kappa shape index (κ3) is 12.2. The van der Waals surface area contributed by atoms with Gasteiger partial charge in [0.05, 0.1) is 0 Å². The van der Waals surface area contributed by atoms with E-state index < -0.39 is 71.8 Å². The van der Waals surface area contributed by atoms with Crippen LogP contribution in [0.3, 0.4) is 0 Å². The summed E-state index contributed by atoms with van der Waals surface area (Å²) in [5.41, 5.74) is -1.32. The smallest absolute Gasteiger partial charge is 0.315 e. The number of hydrogen-bond acceptors (Lipinski definition) is 6. The van der Waals surface area contributed by atoms with Crippen LogP contribution in [0.15, 0.2) is 18.2 Å². The highest BCUT2D eigenvalue weighted by atomic mass is 32.2. The van der Waals surface area contributed by atoms with Crippen LogP contribution in [0.2, 0.25) is 0 Å². The maximum Gasteiger partial charge on any atom is 0.315 e. The first-order valence-electron chi connectivity index (χ1n) is 15.7. The Labute approximate surface area is 279 Å². The van der Waals surface area contributed by atoms with Gasteiger partial charge in [-0.05, 0) is 55.5 Å². The normalized spacial score (nSPS) is 17.3. The van der Waals surface area contributed by atoms with Crippen LogP contribution in [0.1, 0.15) is 66.4 Å². The molecule has 0 aliphatic carbocycles. The highest BCUT2D eigenvalue weighted by Crippen LogP contribution is 2.27. The third-order valence-electron chi connectivity index (χ3n) is 8.11. The van der Waals surface area contributed by atoms with Gasteiger partial charge < -0.3 is 26.2 Å². The third-order valence-corrected chi connectivity index (χ3v) is 8.88. The molecule has 1 saturated heterocycles. The molecule has 15 heteroatoms. The van der Waals surface area contributed by atoms with E-state index in [4.69, 9.17) is 0 Å². The van der Waals surface area contributed by atoms with Gasteiger partial charge in [-0.15, -0.1) is 0 Å². The molecule has 5 amide bonds. The van der Waals surface area contributed by atoms with E-state index in [2.05, 4.69) is 21.3 Å². The fourth-order valence-electron chi connectivity index (χ4n) is 5.20. The lowest BCUT2D eigenvalue weighted by atomic mass is 9.85. The average molecular weight is 691 g/mol. The first kappa shape index (κ1) is 40.1. The molecule has 4 atom stereocenters. The number of rotatable bonds is 14. The topological polar surface area (TPSA) is 123 Å². The number of urea groups is 1. The molecule has 0 unspecified atom stereocenters. The van der Waals surface area contributed by atoms with E-state index in [0.29, 0.717) is 13.0 Å². The summed E-state index contributed by atoms with van der Waals surface area (Å²) < 4.78 is 56.8. The minimum Gasteiger partial charge on any atom is -0.354 e. The molecule has 4 N–H and O–H groups in total. The minimum absolute atomic E-state index is 0.190. The zero-order valence-corrected chi connectivity index (χ0v) is 29.3. The molecule has 0 bridgehead atoms. The van der Waals surface area contributed by atoms with Gasteiger partial charge in [-0.3, -0.25) is 18.7 Å². The molecule has 1 aliphatic heterocycles. The number of nitrogens with one attached hydrogen (secondary N) is 4. The molecule has 1 fully saturated rings. The molecular weight excluding hydrogens is 640 g/mol. The highest BCUT2D eigenvalue weighted by molar-refractivity contribution is 7.96. The fourth-order valence-corrected chi connectivity index (χ4v) is 5.50. The van der Waals surface area contributed by atoms with Crippen molar-refractivity contribution < 1.29 is 36.7 Å². The molecule has 0 saturated carbocycles. The van der Waals surface area contributed by atoms with Gasteiger partial charge in [0.1, 0.15) is 29.8 Å². The van der Waals surface area contributed by atoms with Crippen molar-refractivity contribution in [3.63, 3.8) is 0 Å². The van der Waals surface area contributed by atoms with Crippen LogP contribution < -0.4 is 21.3 Å². The number of nitrogens with zero attached hydrogens (tertiary/aromatic N) is 2. The standard InChI is InChI=1S/C32H50F4N6O4S/c1-31(2,3)24(18-41(7)47-8)39-30(46)40-26(32(4,5)6)29(45)42-16-10-13-23(42)28(44)38-22(17-25(35)36)27(43)37-15-14-19-20(33)11-9-12-21(19)34/h9,11-12,22-26H,10,13-18H2,1-8H3,(H,37,43)(H,38,44)(H2,39,40,46)/t22-,23-,24+,26+/m0/s1. The summed E-state index contributed by atoms with van der Waals surface area (Å²) in [5, 5.41) is 10.5. The minimum atomic E-state index is -2.95. The number of likely N-dealkylation sites (N-methyl/N-ethyl adjacent to an activating group) is 1. The molecule has 1 aromatic carbocycles. The van der Waals surface area contributed by atoms with Crippen molar-refractivity contribution in [3.05, 3.63) is 35.4 Å². The Balaban J connectivity index is 2.15. The van der Waals surface area contributed by atoms with Crippen molar-refractivity contribution in [2.24, 2.45) is 10.8 Å². The van der Waals surface area contributed by atoms with Gasteiger partial charge in [0.15, 0.2) is 0 Å². The summed E-state index contributed by atoms with van der Waals surface area (Å²) in [4.78, 5) is 54.7. The maximum absolute atomic E-state index is 13.9. The van der Waals surface area contributed by atoms with Gasteiger partial charge >= 0.3 is 6.03 Å². The second kappa shape index (κ2) is 17.4. The second-order valence-electron chi connectivity index (χ2n) is 13.9. The van der Waals surface area contributed by atoms with Gasteiger partial charge in [0.2, 0.25) is 24.1 Å². The van der Waals surface area contributed by atoms with Crippen LogP contribution in [0.25, 0.3) is 0 Å². The highest BCUT2D eigenvalue weighted by Gasteiger charge is 2.43. The van der Waals surface area contributed by atoms with Gasteiger partial charge in [0.25, 0.3) is 0 Å². The molecular formula is C32H50F4N6O4S. The molecule has 1 heterocycles. The Hall–Kier alpha value is -3.07. The maximum atomic E-state index is 13.9. The van der Waals surface area contributed by atoms with Crippen LogP contribution in [0.5, 0.6) is 0 Å². The lowest BCUT2D eigenvalue weighted by Crippen LogP contribution is -2.61. The first-order chi connectivity index (χ1) is 21.8. The van der Waals surface area contributed by atoms with E-state index >= 15 is 0 Å². The molecule has 0 spiro atoms. The average Bonchev–Trinajstić information content (AvgIpc) is 3.45. The lowest BCUT2D eigenvalue weighted by Gasteiger charge is -2.37. The molecule has 0 aromatic heterocycles. The zero-order valence-electron chi connectivity index (χ0n) is 28.5. The molecule has 1 aromatic rings. The number of alkyl halides is 2. The Bertz CT molecular complexity index is 1220. The summed E-state index contributed by atoms with van der Waals surface area (Å²) in [6.07, 6.45) is -1.58. The summed E-state index contributed by atoms with van der Waals surface area (Å²) in [6, 6.07) is -1.22. The number of likely N-dealkylation sites (tertiary alicyclic amines) is 1. The second-order valence-corrected chi connectivity index (χ2v) is 14.9. The number of hydrogen-bond donors (Lipinski definition) is 4. The van der Waals surface area contributed by atoms with Crippen LogP contribution in [0.4, 0.5) is 22.4 Å². The van der Waals surface area contributed by atoms with Crippen molar-refractivity contribution in [2.45, 2.75) is 97.8 Å². The van der Waals surface area contributed by atoms with E-state index in [-0.39, 0.29) is 43.0 Å². The Morgan fingerprint density at radius 2 is 1.62 bits per heavy atom. The number of halogens is 4. The van der Waals surface area contributed by atoms with Gasteiger partial charge in [0, 0.05) is 37.7 Å². The Morgan fingerprint density at radius 1 is 1.00 bits per heavy atom. The monoisotopic (exact) mass is 690 g/mol. The molecule has 0 radical (unpaired) electrons. The Kier molecular flexibility index (Phi) is 14.8. The predicted octanol–water partition coefficient (Wildman–Crippen LogP) is 4.09. The van der Waals surface area contributed by atoms with Crippen molar-refractivity contribution in [3.8, 4) is 0 Å². The van der Waals surface area contributed by atoms with Crippen LogP contribution in [0, 0.1) is 22.5 Å². The van der Waals surface area contributed by atoms with Gasteiger partial charge in [-0.1, -0.05) is 59.6 Å². The van der Waals surface area contributed by atoms with Gasteiger partial charge in [-0.25, -0.2) is 22.4 Å². The van der Waals surface area contributed by atoms with Crippen molar-refractivity contribution in [1.29, 1.82) is 0 Å². The molecule has 266 valence electrons. The Morgan fingerprint density at radius 3 is 2.15 bits per heavy atom. The first-order valence-corrected chi connectivity index (χ1v) is 16.9. The van der Waals surface area contributed by atoms with E-state index in [0.717, 1.165) is 12.1 Å². The fraction of sp³-hybridized carbons (Fsp3) is 0.688. The van der Waals surface area contributed by atoms with Crippen LogP contribution in [-0.4, -0.2) is 96.5 Å². The summed E-state index contributed by atoms with van der Waals surface area (Å²) in [6.45, 7) is 11.8. The molecule has 2 rings (SSSR count). The SMILES string of the molecule is CSN(C)C[C@@H](NC(=O)N[C@H](C(=O)N1CCC[C@H]1C(=O)N[C@@H](CC(F)F)C(=O)NCCc1c(F)cccc1F)C(C)(C)C)C(C)(C)C. The summed E-state index contributed by atoms with van der Waals surface area (Å²) >= 11 is 1.52. The van der Waals surface area contributed by atoms with E-state index in [9.17, 15) is 36.7 Å². The van der Waals surface area contributed by atoms with Crippen LogP contribution >= 0.6 is 11.9 Å². The molecule has 1 aliphatic rings. The molecule has 10 nitrogen and oxygen atoms in total. The number of amides is 5. The number of carbonyl (C=O) groups excluding carboxylic acids is 4. The predicted molar refractivity (Wildman–Crippen MR) is 175 cm³/mol. The van der Waals surface area contributed by atoms with Gasteiger partial charge in [-0.2, -0.15) is 0 Å².